The van der Waals surface area contributed by atoms with Crippen LogP contribution in [0.4, 0.5) is 32.0 Å². The fraction of sp³-hybridized carbons (Fsp3) is 0.429. The fourth-order valence-corrected chi connectivity index (χ4v) is 3.80. The zero-order valence-corrected chi connectivity index (χ0v) is 15.9. The van der Waals surface area contributed by atoms with E-state index in [1.54, 1.807) is 12.1 Å². The van der Waals surface area contributed by atoms with Gasteiger partial charge in [0.05, 0.1) is 43.3 Å². The minimum Gasteiger partial charge on any atom is -0.360 e. The molecule has 2 aromatic carbocycles. The van der Waals surface area contributed by atoms with Gasteiger partial charge in [0, 0.05) is 12.1 Å². The minimum atomic E-state index is -4.37. The molecular weight excluding hydrogens is 394 g/mol. The first kappa shape index (κ1) is 21.5. The van der Waals surface area contributed by atoms with Crippen molar-refractivity contribution in [3.63, 3.8) is 0 Å². The predicted octanol–water partition coefficient (Wildman–Crippen LogP) is 4.06. The van der Waals surface area contributed by atoms with Crippen molar-refractivity contribution in [3.05, 3.63) is 65.2 Å². The Balaban J connectivity index is 1.60. The van der Waals surface area contributed by atoms with E-state index in [4.69, 9.17) is 0 Å². The second-order valence-electron chi connectivity index (χ2n) is 7.50. The summed E-state index contributed by atoms with van der Waals surface area (Å²) >= 11 is 0. The van der Waals surface area contributed by atoms with Gasteiger partial charge in [-0.2, -0.15) is 26.3 Å². The van der Waals surface area contributed by atoms with Crippen LogP contribution in [0.25, 0.3) is 0 Å². The lowest BCUT2D eigenvalue weighted by atomic mass is 10.0. The lowest BCUT2D eigenvalue weighted by Gasteiger charge is -2.36. The molecule has 0 spiro atoms. The highest BCUT2D eigenvalue weighted by molar-refractivity contribution is 5.49. The SMILES string of the molecule is C[C@@H](Cc1cccc(C(F)(F)F)c1)[NH+]1CCN(c2cccc(C(F)(F)F)c2)CC1. The summed E-state index contributed by atoms with van der Waals surface area (Å²) in [6.45, 7) is 4.63. The first-order valence-electron chi connectivity index (χ1n) is 9.47. The molecule has 1 N–H and O–H groups in total. The van der Waals surface area contributed by atoms with E-state index in [2.05, 4.69) is 0 Å². The molecule has 3 rings (SSSR count). The summed E-state index contributed by atoms with van der Waals surface area (Å²) in [7, 11) is 0. The standard InChI is InChI=1S/C21H22F6N2/c1-15(12-16-4-2-5-17(13-16)20(22,23)24)28-8-10-29(11-9-28)19-7-3-6-18(14-19)21(25,26)27/h2-7,13-15H,8-12H2,1H3/p+1/t15-/m0/s1. The van der Waals surface area contributed by atoms with Gasteiger partial charge in [-0.05, 0) is 36.8 Å². The van der Waals surface area contributed by atoms with Crippen LogP contribution in [0, 0.1) is 0 Å². The summed E-state index contributed by atoms with van der Waals surface area (Å²) < 4.78 is 77.4. The molecule has 0 bridgehead atoms. The summed E-state index contributed by atoms with van der Waals surface area (Å²) in [5.41, 5.74) is -0.126. The minimum absolute atomic E-state index is 0.113. The van der Waals surface area contributed by atoms with Gasteiger partial charge in [-0.3, -0.25) is 0 Å². The van der Waals surface area contributed by atoms with Crippen molar-refractivity contribution in [2.75, 3.05) is 31.1 Å². The Morgan fingerprint density at radius 1 is 0.862 bits per heavy atom. The zero-order chi connectivity index (χ0) is 21.2. The topological polar surface area (TPSA) is 7.68 Å². The molecule has 1 heterocycles. The van der Waals surface area contributed by atoms with Gasteiger partial charge < -0.3 is 9.80 Å². The van der Waals surface area contributed by atoms with E-state index in [0.29, 0.717) is 30.8 Å². The third-order valence-electron chi connectivity index (χ3n) is 5.44. The molecule has 1 aliphatic rings. The van der Waals surface area contributed by atoms with Crippen LogP contribution >= 0.6 is 0 Å². The fourth-order valence-electron chi connectivity index (χ4n) is 3.80. The molecule has 158 valence electrons. The molecular formula is C21H23F6N2+. The lowest BCUT2D eigenvalue weighted by molar-refractivity contribution is -0.923. The third-order valence-corrected chi connectivity index (χ3v) is 5.44. The Bertz CT molecular complexity index is 822. The molecule has 8 heteroatoms. The van der Waals surface area contributed by atoms with E-state index in [1.165, 1.54) is 23.1 Å². The Labute approximate surface area is 165 Å². The van der Waals surface area contributed by atoms with Crippen molar-refractivity contribution >= 4 is 5.69 Å². The Morgan fingerprint density at radius 2 is 1.41 bits per heavy atom. The summed E-state index contributed by atoms with van der Waals surface area (Å²) in [5.74, 6) is 0. The summed E-state index contributed by atoms with van der Waals surface area (Å²) in [6.07, 6.45) is -8.21. The van der Waals surface area contributed by atoms with E-state index < -0.39 is 23.5 Å². The quantitative estimate of drug-likeness (QED) is 0.738. The number of nitrogens with zero attached hydrogens (tertiary/aromatic N) is 1. The molecule has 0 unspecified atom stereocenters. The average molecular weight is 417 g/mol. The van der Waals surface area contributed by atoms with E-state index in [0.717, 1.165) is 31.3 Å². The van der Waals surface area contributed by atoms with Gasteiger partial charge >= 0.3 is 12.4 Å². The molecule has 2 aromatic rings. The van der Waals surface area contributed by atoms with Crippen LogP contribution in [-0.4, -0.2) is 32.2 Å². The number of anilines is 1. The Hall–Kier alpha value is -2.22. The van der Waals surface area contributed by atoms with Crippen LogP contribution in [0.3, 0.4) is 0 Å². The zero-order valence-electron chi connectivity index (χ0n) is 15.9. The number of nitrogens with one attached hydrogen (secondary N) is 1. The Kier molecular flexibility index (Phi) is 6.12. The molecule has 0 amide bonds. The van der Waals surface area contributed by atoms with E-state index in [1.807, 2.05) is 11.8 Å². The number of halogens is 6. The highest BCUT2D eigenvalue weighted by Gasteiger charge is 2.32. The van der Waals surface area contributed by atoms with Gasteiger partial charge in [-0.25, -0.2) is 0 Å². The van der Waals surface area contributed by atoms with Crippen LogP contribution < -0.4 is 9.80 Å². The smallest absolute Gasteiger partial charge is 0.360 e. The normalized spacial score (nSPS) is 17.4. The highest BCUT2D eigenvalue weighted by Crippen LogP contribution is 2.32. The van der Waals surface area contributed by atoms with Crippen LogP contribution in [0.5, 0.6) is 0 Å². The maximum Gasteiger partial charge on any atom is 0.416 e. The predicted molar refractivity (Wildman–Crippen MR) is 99.0 cm³/mol. The van der Waals surface area contributed by atoms with Gasteiger partial charge in [0.25, 0.3) is 0 Å². The van der Waals surface area contributed by atoms with Crippen molar-refractivity contribution in [2.45, 2.75) is 31.7 Å². The lowest BCUT2D eigenvalue weighted by Crippen LogP contribution is -3.18. The van der Waals surface area contributed by atoms with Crippen LogP contribution in [0.15, 0.2) is 48.5 Å². The van der Waals surface area contributed by atoms with Crippen molar-refractivity contribution in [1.82, 2.24) is 0 Å². The molecule has 0 radical (unpaired) electrons. The molecule has 0 saturated carbocycles. The third kappa shape index (κ3) is 5.44. The molecule has 2 nitrogen and oxygen atoms in total. The van der Waals surface area contributed by atoms with Crippen molar-refractivity contribution in [1.29, 1.82) is 0 Å². The first-order valence-corrected chi connectivity index (χ1v) is 9.47. The first-order chi connectivity index (χ1) is 13.5. The van der Waals surface area contributed by atoms with Gasteiger partial charge in [-0.15, -0.1) is 0 Å². The molecule has 1 saturated heterocycles. The maximum absolute atomic E-state index is 12.9. The summed E-state index contributed by atoms with van der Waals surface area (Å²) in [5, 5.41) is 0. The number of alkyl halides is 6. The number of benzene rings is 2. The average Bonchev–Trinajstić information content (AvgIpc) is 2.67. The Morgan fingerprint density at radius 3 is 2.00 bits per heavy atom. The van der Waals surface area contributed by atoms with Gasteiger partial charge in [0.2, 0.25) is 0 Å². The number of piperazine rings is 1. The van der Waals surface area contributed by atoms with Gasteiger partial charge in [0.1, 0.15) is 0 Å². The van der Waals surface area contributed by atoms with E-state index in [-0.39, 0.29) is 6.04 Å². The monoisotopic (exact) mass is 417 g/mol. The van der Waals surface area contributed by atoms with Crippen LogP contribution in [0.1, 0.15) is 23.6 Å². The molecule has 1 atom stereocenters. The largest absolute Gasteiger partial charge is 0.416 e. The van der Waals surface area contributed by atoms with Crippen LogP contribution in [-0.2, 0) is 18.8 Å². The highest BCUT2D eigenvalue weighted by atomic mass is 19.4. The number of quaternary nitrogens is 1. The maximum atomic E-state index is 12.9. The van der Waals surface area contributed by atoms with Crippen LogP contribution in [0.2, 0.25) is 0 Å². The van der Waals surface area contributed by atoms with Crippen molar-refractivity contribution in [2.24, 2.45) is 0 Å². The second kappa shape index (κ2) is 8.26. The molecule has 1 fully saturated rings. The van der Waals surface area contributed by atoms with E-state index >= 15 is 0 Å². The molecule has 0 aromatic heterocycles. The number of hydrogen-bond acceptors (Lipinski definition) is 1. The molecule has 0 aliphatic carbocycles. The number of hydrogen-bond donors (Lipinski definition) is 1. The van der Waals surface area contributed by atoms with Gasteiger partial charge in [0.15, 0.2) is 0 Å². The van der Waals surface area contributed by atoms with Crippen molar-refractivity contribution < 1.29 is 31.2 Å². The van der Waals surface area contributed by atoms with Crippen molar-refractivity contribution in [3.8, 4) is 0 Å². The molecule has 1 aliphatic heterocycles. The summed E-state index contributed by atoms with van der Waals surface area (Å²) in [6, 6.07) is 10.8. The second-order valence-corrected chi connectivity index (χ2v) is 7.50. The molecule has 29 heavy (non-hydrogen) atoms. The van der Waals surface area contributed by atoms with E-state index in [9.17, 15) is 26.3 Å². The van der Waals surface area contributed by atoms with Gasteiger partial charge in [-0.1, -0.05) is 24.3 Å². The summed E-state index contributed by atoms with van der Waals surface area (Å²) in [4.78, 5) is 3.17. The number of rotatable bonds is 4.